The fourth-order valence-electron chi connectivity index (χ4n) is 4.09. The monoisotopic (exact) mass is 407 g/mol. The van der Waals surface area contributed by atoms with E-state index < -0.39 is 10.0 Å². The fourth-order valence-corrected chi connectivity index (χ4v) is 5.83. The number of hydrogen-bond donors (Lipinski definition) is 0. The highest BCUT2D eigenvalue weighted by molar-refractivity contribution is 7.89. The molecule has 0 aromatic heterocycles. The predicted molar refractivity (Wildman–Crippen MR) is 116 cm³/mol. The lowest BCUT2D eigenvalue weighted by molar-refractivity contribution is 0.357. The zero-order valence-corrected chi connectivity index (χ0v) is 17.2. The van der Waals surface area contributed by atoms with Crippen LogP contribution in [0.5, 0.6) is 5.75 Å². The lowest BCUT2D eigenvalue weighted by atomic mass is 10.1. The van der Waals surface area contributed by atoms with Gasteiger partial charge in [0.2, 0.25) is 10.0 Å². The van der Waals surface area contributed by atoms with E-state index in [1.807, 2.05) is 30.3 Å². The Labute approximate surface area is 172 Å². The molecular formula is C24H25NO3S. The molecule has 0 unspecified atom stereocenters. The number of sulfonamides is 1. The SMILES string of the molecule is O=S(=O)(CCc1ccc2c(c1)CCO2)N(Cc1ccc2ccccc2c1)C1CC1. The van der Waals surface area contributed by atoms with Crippen molar-refractivity contribution in [2.45, 2.75) is 38.3 Å². The minimum Gasteiger partial charge on any atom is -0.493 e. The van der Waals surface area contributed by atoms with E-state index in [1.54, 1.807) is 4.31 Å². The highest BCUT2D eigenvalue weighted by Crippen LogP contribution is 2.32. The minimum absolute atomic E-state index is 0.150. The third kappa shape index (κ3) is 4.02. The van der Waals surface area contributed by atoms with Gasteiger partial charge in [0.05, 0.1) is 12.4 Å². The molecule has 5 heteroatoms. The third-order valence-corrected chi connectivity index (χ3v) is 7.73. The van der Waals surface area contributed by atoms with Gasteiger partial charge in [-0.05, 0) is 58.9 Å². The highest BCUT2D eigenvalue weighted by Gasteiger charge is 2.36. The molecule has 4 nitrogen and oxygen atoms in total. The van der Waals surface area contributed by atoms with Crippen LogP contribution in [0.15, 0.2) is 60.7 Å². The van der Waals surface area contributed by atoms with Crippen LogP contribution in [0.1, 0.15) is 29.5 Å². The van der Waals surface area contributed by atoms with Gasteiger partial charge in [0.25, 0.3) is 0 Å². The summed E-state index contributed by atoms with van der Waals surface area (Å²) in [5, 5.41) is 2.33. The van der Waals surface area contributed by atoms with Crippen LogP contribution in [0.3, 0.4) is 0 Å². The number of fused-ring (bicyclic) bond motifs is 2. The first kappa shape index (κ1) is 18.6. The van der Waals surface area contributed by atoms with Crippen molar-refractivity contribution in [1.82, 2.24) is 4.31 Å². The van der Waals surface area contributed by atoms with Gasteiger partial charge < -0.3 is 4.74 Å². The van der Waals surface area contributed by atoms with Gasteiger partial charge >= 0.3 is 0 Å². The maximum atomic E-state index is 13.2. The van der Waals surface area contributed by atoms with E-state index in [1.165, 1.54) is 10.9 Å². The van der Waals surface area contributed by atoms with Crippen molar-refractivity contribution < 1.29 is 13.2 Å². The lowest BCUT2D eigenvalue weighted by Crippen LogP contribution is -2.35. The Morgan fingerprint density at radius 3 is 2.55 bits per heavy atom. The van der Waals surface area contributed by atoms with Gasteiger partial charge in [0, 0.05) is 19.0 Å². The number of hydrogen-bond acceptors (Lipinski definition) is 3. The van der Waals surface area contributed by atoms with Gasteiger partial charge in [0.1, 0.15) is 5.75 Å². The average molecular weight is 408 g/mol. The first-order valence-corrected chi connectivity index (χ1v) is 11.9. The van der Waals surface area contributed by atoms with Crippen molar-refractivity contribution in [1.29, 1.82) is 0 Å². The predicted octanol–water partition coefficient (Wildman–Crippen LogP) is 4.31. The van der Waals surface area contributed by atoms with Crippen molar-refractivity contribution in [2.75, 3.05) is 12.4 Å². The van der Waals surface area contributed by atoms with Crippen LogP contribution in [0.25, 0.3) is 10.8 Å². The van der Waals surface area contributed by atoms with Crippen LogP contribution in [-0.4, -0.2) is 31.1 Å². The topological polar surface area (TPSA) is 46.6 Å². The molecule has 3 aromatic rings. The zero-order valence-electron chi connectivity index (χ0n) is 16.4. The van der Waals surface area contributed by atoms with Crippen molar-refractivity contribution in [3.05, 3.63) is 77.4 Å². The van der Waals surface area contributed by atoms with Crippen LogP contribution in [-0.2, 0) is 29.4 Å². The molecule has 0 spiro atoms. The van der Waals surface area contributed by atoms with E-state index >= 15 is 0 Å². The fraction of sp³-hybridized carbons (Fsp3) is 0.333. The molecule has 1 heterocycles. The summed E-state index contributed by atoms with van der Waals surface area (Å²) < 4.78 is 33.7. The second kappa shape index (κ2) is 7.47. The van der Waals surface area contributed by atoms with E-state index in [0.29, 0.717) is 13.0 Å². The second-order valence-electron chi connectivity index (χ2n) is 8.06. The number of nitrogens with zero attached hydrogens (tertiary/aromatic N) is 1. The Morgan fingerprint density at radius 1 is 0.931 bits per heavy atom. The third-order valence-electron chi connectivity index (χ3n) is 5.87. The molecule has 0 bridgehead atoms. The van der Waals surface area contributed by atoms with Gasteiger partial charge in [-0.1, -0.05) is 48.5 Å². The van der Waals surface area contributed by atoms with Crippen molar-refractivity contribution >= 4 is 20.8 Å². The molecule has 0 N–H and O–H groups in total. The standard InChI is InChI=1S/C24H25NO3S/c26-29(27,14-12-18-6-10-24-22(15-18)11-13-28-24)25(23-8-9-23)17-19-5-7-20-3-1-2-4-21(20)16-19/h1-7,10,15-16,23H,8-9,11-14,17H2. The van der Waals surface area contributed by atoms with E-state index in [4.69, 9.17) is 4.74 Å². The molecule has 1 saturated carbocycles. The lowest BCUT2D eigenvalue weighted by Gasteiger charge is -2.22. The molecule has 1 aliphatic carbocycles. The Bertz CT molecular complexity index is 1150. The summed E-state index contributed by atoms with van der Waals surface area (Å²) >= 11 is 0. The summed E-state index contributed by atoms with van der Waals surface area (Å²) in [6, 6.07) is 20.6. The van der Waals surface area contributed by atoms with E-state index in [9.17, 15) is 8.42 Å². The van der Waals surface area contributed by atoms with Crippen molar-refractivity contribution in [3.8, 4) is 5.75 Å². The van der Waals surface area contributed by atoms with Crippen molar-refractivity contribution in [2.24, 2.45) is 0 Å². The van der Waals surface area contributed by atoms with Crippen LogP contribution in [0, 0.1) is 0 Å². The summed E-state index contributed by atoms with van der Waals surface area (Å²) in [4.78, 5) is 0. The quantitative estimate of drug-likeness (QED) is 0.586. The molecule has 5 rings (SSSR count). The number of ether oxygens (including phenoxy) is 1. The molecule has 0 atom stereocenters. The van der Waals surface area contributed by atoms with Crippen LogP contribution >= 0.6 is 0 Å². The molecule has 0 amide bonds. The number of benzene rings is 3. The summed E-state index contributed by atoms with van der Waals surface area (Å²) in [6.45, 7) is 1.17. The molecular weight excluding hydrogens is 382 g/mol. The molecule has 1 aliphatic heterocycles. The van der Waals surface area contributed by atoms with Crippen molar-refractivity contribution in [3.63, 3.8) is 0 Å². The van der Waals surface area contributed by atoms with E-state index in [-0.39, 0.29) is 11.8 Å². The molecule has 150 valence electrons. The normalized spacial score (nSPS) is 16.2. The molecule has 2 aliphatic rings. The number of rotatable bonds is 7. The summed E-state index contributed by atoms with van der Waals surface area (Å²) in [5.74, 6) is 1.09. The second-order valence-corrected chi connectivity index (χ2v) is 10.1. The van der Waals surface area contributed by atoms with Gasteiger partial charge in [-0.25, -0.2) is 8.42 Å². The summed E-state index contributed by atoms with van der Waals surface area (Å²) in [6.07, 6.45) is 3.37. The molecule has 3 aromatic carbocycles. The summed E-state index contributed by atoms with van der Waals surface area (Å²) in [5.41, 5.74) is 3.31. The Kier molecular flexibility index (Phi) is 4.80. The Morgan fingerprint density at radius 2 is 1.72 bits per heavy atom. The largest absolute Gasteiger partial charge is 0.493 e. The average Bonchev–Trinajstić information content (AvgIpc) is 3.46. The van der Waals surface area contributed by atoms with E-state index in [2.05, 4.69) is 30.3 Å². The van der Waals surface area contributed by atoms with Crippen LogP contribution in [0.4, 0.5) is 0 Å². The Balaban J connectivity index is 1.32. The number of aryl methyl sites for hydroxylation is 1. The first-order chi connectivity index (χ1) is 14.1. The highest BCUT2D eigenvalue weighted by atomic mass is 32.2. The molecule has 0 radical (unpaired) electrons. The van der Waals surface area contributed by atoms with Gasteiger partial charge in [0.15, 0.2) is 0 Å². The molecule has 29 heavy (non-hydrogen) atoms. The van der Waals surface area contributed by atoms with E-state index in [0.717, 1.165) is 48.1 Å². The smallest absolute Gasteiger partial charge is 0.214 e. The zero-order chi connectivity index (χ0) is 19.8. The van der Waals surface area contributed by atoms with Crippen LogP contribution in [0.2, 0.25) is 0 Å². The van der Waals surface area contributed by atoms with Gasteiger partial charge in [-0.15, -0.1) is 0 Å². The Hall–Kier alpha value is -2.37. The maximum Gasteiger partial charge on any atom is 0.214 e. The maximum absolute atomic E-state index is 13.2. The van der Waals surface area contributed by atoms with Gasteiger partial charge in [-0.2, -0.15) is 4.31 Å². The summed E-state index contributed by atoms with van der Waals surface area (Å²) in [7, 11) is -3.32. The first-order valence-electron chi connectivity index (χ1n) is 10.3. The molecule has 0 saturated heterocycles. The van der Waals surface area contributed by atoms with Gasteiger partial charge in [-0.3, -0.25) is 0 Å². The van der Waals surface area contributed by atoms with Crippen LogP contribution < -0.4 is 4.74 Å². The minimum atomic E-state index is -3.32. The molecule has 1 fully saturated rings.